The molecule has 1 aromatic rings. The van der Waals surface area contributed by atoms with Gasteiger partial charge in [0.05, 0.1) is 20.3 Å². The molecule has 0 radical (unpaired) electrons. The molecule has 0 saturated carbocycles. The number of methoxy groups -OCH3 is 1. The molecule has 0 spiro atoms. The van der Waals surface area contributed by atoms with Gasteiger partial charge < -0.3 is 29.5 Å². The van der Waals surface area contributed by atoms with Crippen LogP contribution in [0.3, 0.4) is 0 Å². The molecule has 0 aliphatic carbocycles. The molecule has 1 aromatic carbocycles. The van der Waals surface area contributed by atoms with Gasteiger partial charge in [-0.05, 0) is 51.5 Å². The Morgan fingerprint density at radius 1 is 1.14 bits per heavy atom. The SMILES string of the molecule is COc1cccc(CNCCCN2CCCC2)c1OC[C@@H](O)CN1CCOCC1. The molecule has 0 aromatic heterocycles. The second-order valence-electron chi connectivity index (χ2n) is 7.91. The maximum absolute atomic E-state index is 10.4. The molecule has 2 N–H and O–H groups in total. The van der Waals surface area contributed by atoms with E-state index in [-0.39, 0.29) is 6.61 Å². The summed E-state index contributed by atoms with van der Waals surface area (Å²) in [4.78, 5) is 4.75. The van der Waals surface area contributed by atoms with Crippen molar-refractivity contribution in [3.05, 3.63) is 23.8 Å². The number of hydrogen-bond acceptors (Lipinski definition) is 7. The first-order valence-electron chi connectivity index (χ1n) is 11.0. The van der Waals surface area contributed by atoms with Crippen LogP contribution in [0.4, 0.5) is 0 Å². The largest absolute Gasteiger partial charge is 0.493 e. The van der Waals surface area contributed by atoms with Crippen molar-refractivity contribution in [3.8, 4) is 11.5 Å². The summed E-state index contributed by atoms with van der Waals surface area (Å²) in [6, 6.07) is 5.94. The minimum Gasteiger partial charge on any atom is -0.493 e. The molecule has 2 saturated heterocycles. The second-order valence-corrected chi connectivity index (χ2v) is 7.91. The molecule has 2 aliphatic heterocycles. The molecule has 7 nitrogen and oxygen atoms in total. The fourth-order valence-electron chi connectivity index (χ4n) is 4.00. The van der Waals surface area contributed by atoms with Crippen LogP contribution in [-0.2, 0) is 11.3 Å². The summed E-state index contributed by atoms with van der Waals surface area (Å²) in [6.07, 6.45) is 3.29. The number of aliphatic hydroxyl groups is 1. The Balaban J connectivity index is 1.44. The van der Waals surface area contributed by atoms with Crippen molar-refractivity contribution in [1.29, 1.82) is 0 Å². The molecule has 0 bridgehead atoms. The van der Waals surface area contributed by atoms with E-state index in [0.29, 0.717) is 12.3 Å². The van der Waals surface area contributed by atoms with Gasteiger partial charge in [0, 0.05) is 31.7 Å². The van der Waals surface area contributed by atoms with Crippen molar-refractivity contribution >= 4 is 0 Å². The van der Waals surface area contributed by atoms with Crippen molar-refractivity contribution in [2.75, 3.05) is 72.7 Å². The minimum atomic E-state index is -0.542. The number of nitrogens with zero attached hydrogens (tertiary/aromatic N) is 2. The maximum atomic E-state index is 10.4. The van der Waals surface area contributed by atoms with E-state index < -0.39 is 6.10 Å². The van der Waals surface area contributed by atoms with E-state index in [9.17, 15) is 5.11 Å². The molecule has 0 unspecified atom stereocenters. The zero-order chi connectivity index (χ0) is 20.3. The predicted octanol–water partition coefficient (Wildman–Crippen LogP) is 1.34. The lowest BCUT2D eigenvalue weighted by atomic mass is 10.1. The molecular weight excluding hydrogens is 370 g/mol. The number of para-hydroxylation sites is 1. The van der Waals surface area contributed by atoms with Gasteiger partial charge in [-0.2, -0.15) is 0 Å². The van der Waals surface area contributed by atoms with Crippen LogP contribution < -0.4 is 14.8 Å². The first kappa shape index (κ1) is 22.3. The van der Waals surface area contributed by atoms with Crippen LogP contribution in [0.2, 0.25) is 0 Å². The summed E-state index contributed by atoms with van der Waals surface area (Å²) >= 11 is 0. The van der Waals surface area contributed by atoms with Gasteiger partial charge in [0.1, 0.15) is 12.7 Å². The van der Waals surface area contributed by atoms with Gasteiger partial charge in [-0.15, -0.1) is 0 Å². The molecule has 29 heavy (non-hydrogen) atoms. The van der Waals surface area contributed by atoms with Crippen molar-refractivity contribution in [1.82, 2.24) is 15.1 Å². The highest BCUT2D eigenvalue weighted by Gasteiger charge is 2.17. The van der Waals surface area contributed by atoms with Crippen LogP contribution in [-0.4, -0.2) is 93.8 Å². The average molecular weight is 408 g/mol. The van der Waals surface area contributed by atoms with Gasteiger partial charge in [0.25, 0.3) is 0 Å². The molecule has 2 fully saturated rings. The number of ether oxygens (including phenoxy) is 3. The second kappa shape index (κ2) is 12.3. The van der Waals surface area contributed by atoms with Crippen molar-refractivity contribution in [3.63, 3.8) is 0 Å². The summed E-state index contributed by atoms with van der Waals surface area (Å²) in [5, 5.41) is 13.9. The third-order valence-corrected chi connectivity index (χ3v) is 5.62. The number of likely N-dealkylation sites (tertiary alicyclic amines) is 1. The summed E-state index contributed by atoms with van der Waals surface area (Å²) in [5.74, 6) is 1.43. The highest BCUT2D eigenvalue weighted by atomic mass is 16.5. The molecule has 7 heteroatoms. The monoisotopic (exact) mass is 407 g/mol. The maximum Gasteiger partial charge on any atom is 0.165 e. The van der Waals surface area contributed by atoms with E-state index in [4.69, 9.17) is 14.2 Å². The zero-order valence-electron chi connectivity index (χ0n) is 17.8. The summed E-state index contributed by atoms with van der Waals surface area (Å²) in [6.45, 7) is 9.41. The molecule has 2 aliphatic rings. The van der Waals surface area contributed by atoms with Crippen LogP contribution in [0.15, 0.2) is 18.2 Å². The molecular formula is C22H37N3O4. The topological polar surface area (TPSA) is 66.4 Å². The fraction of sp³-hybridized carbons (Fsp3) is 0.727. The average Bonchev–Trinajstić information content (AvgIpc) is 3.26. The Bertz CT molecular complexity index is 589. The quantitative estimate of drug-likeness (QED) is 0.507. The Kier molecular flexibility index (Phi) is 9.50. The number of hydrogen-bond donors (Lipinski definition) is 2. The van der Waals surface area contributed by atoms with E-state index in [1.807, 2.05) is 12.1 Å². The van der Waals surface area contributed by atoms with Crippen molar-refractivity contribution < 1.29 is 19.3 Å². The van der Waals surface area contributed by atoms with Gasteiger partial charge in [0.15, 0.2) is 11.5 Å². The molecule has 1 atom stereocenters. The number of β-amino-alcohol motifs (C(OH)–C–C–N with tert-alkyl or cyclic N) is 1. The predicted molar refractivity (Wildman–Crippen MR) is 114 cm³/mol. The Hall–Kier alpha value is -1.38. The van der Waals surface area contributed by atoms with Crippen LogP contribution >= 0.6 is 0 Å². The lowest BCUT2D eigenvalue weighted by Crippen LogP contribution is -2.42. The normalized spacial score (nSPS) is 19.4. The number of benzene rings is 1. The van der Waals surface area contributed by atoms with Gasteiger partial charge >= 0.3 is 0 Å². The van der Waals surface area contributed by atoms with Gasteiger partial charge in [-0.1, -0.05) is 12.1 Å². The first-order chi connectivity index (χ1) is 14.3. The third kappa shape index (κ3) is 7.42. The van der Waals surface area contributed by atoms with Gasteiger partial charge in [-0.3, -0.25) is 4.90 Å². The highest BCUT2D eigenvalue weighted by molar-refractivity contribution is 5.46. The van der Waals surface area contributed by atoms with Crippen LogP contribution in [0.1, 0.15) is 24.8 Å². The molecule has 3 rings (SSSR count). The van der Waals surface area contributed by atoms with E-state index in [0.717, 1.165) is 57.1 Å². The third-order valence-electron chi connectivity index (χ3n) is 5.62. The van der Waals surface area contributed by atoms with E-state index in [1.165, 1.54) is 32.5 Å². The fourth-order valence-corrected chi connectivity index (χ4v) is 4.00. The van der Waals surface area contributed by atoms with E-state index in [2.05, 4.69) is 21.2 Å². The van der Waals surface area contributed by atoms with Crippen LogP contribution in [0, 0.1) is 0 Å². The number of rotatable bonds is 12. The highest BCUT2D eigenvalue weighted by Crippen LogP contribution is 2.31. The molecule has 164 valence electrons. The van der Waals surface area contributed by atoms with Gasteiger partial charge in [0.2, 0.25) is 0 Å². The molecule has 2 heterocycles. The molecule has 0 amide bonds. The smallest absolute Gasteiger partial charge is 0.165 e. The van der Waals surface area contributed by atoms with Crippen molar-refractivity contribution in [2.24, 2.45) is 0 Å². The number of morpholine rings is 1. The van der Waals surface area contributed by atoms with Crippen molar-refractivity contribution in [2.45, 2.75) is 31.9 Å². The zero-order valence-corrected chi connectivity index (χ0v) is 17.8. The summed E-state index contributed by atoms with van der Waals surface area (Å²) < 4.78 is 16.9. The Morgan fingerprint density at radius 3 is 2.69 bits per heavy atom. The lowest BCUT2D eigenvalue weighted by molar-refractivity contribution is 0.00436. The van der Waals surface area contributed by atoms with E-state index in [1.54, 1.807) is 7.11 Å². The number of nitrogens with one attached hydrogen (secondary N) is 1. The summed E-state index contributed by atoms with van der Waals surface area (Å²) in [7, 11) is 1.65. The Labute approximate surface area is 174 Å². The van der Waals surface area contributed by atoms with Crippen LogP contribution in [0.25, 0.3) is 0 Å². The van der Waals surface area contributed by atoms with Gasteiger partial charge in [-0.25, -0.2) is 0 Å². The first-order valence-corrected chi connectivity index (χ1v) is 11.0. The number of aliphatic hydroxyl groups excluding tert-OH is 1. The minimum absolute atomic E-state index is 0.250. The standard InChI is InChI=1S/C22H37N3O4/c1-27-21-7-4-6-19(16-23-8-5-11-24-9-2-3-10-24)22(21)29-18-20(26)17-25-12-14-28-15-13-25/h4,6-7,20,23,26H,2-3,5,8-18H2,1H3/t20-/m0/s1. The van der Waals surface area contributed by atoms with Crippen LogP contribution in [0.5, 0.6) is 11.5 Å². The lowest BCUT2D eigenvalue weighted by Gasteiger charge is -2.28. The Morgan fingerprint density at radius 2 is 1.93 bits per heavy atom. The summed E-state index contributed by atoms with van der Waals surface area (Å²) in [5.41, 5.74) is 1.06. The van der Waals surface area contributed by atoms with E-state index >= 15 is 0 Å².